The van der Waals surface area contributed by atoms with Crippen LogP contribution >= 0.6 is 0 Å². The highest BCUT2D eigenvalue weighted by Crippen LogP contribution is 2.23. The van der Waals surface area contributed by atoms with Crippen LogP contribution in [0.2, 0.25) is 0 Å². The van der Waals surface area contributed by atoms with Gasteiger partial charge >= 0.3 is 0 Å². The Kier molecular flexibility index (Phi) is 4.02. The number of furan rings is 1. The average Bonchev–Trinajstić information content (AvgIpc) is 2.88. The average molecular weight is 223 g/mol. The molecular formula is C13H21NO2. The molecule has 2 rings (SSSR count). The van der Waals surface area contributed by atoms with E-state index < -0.39 is 0 Å². The molecule has 1 N–H and O–H groups in total. The fourth-order valence-electron chi connectivity index (χ4n) is 2.39. The maximum atomic E-state index is 5.93. The van der Waals surface area contributed by atoms with Crippen LogP contribution in [0.15, 0.2) is 23.0 Å². The highest BCUT2D eigenvalue weighted by Gasteiger charge is 2.29. The van der Waals surface area contributed by atoms with E-state index in [1.165, 1.54) is 12.0 Å². The summed E-state index contributed by atoms with van der Waals surface area (Å²) in [5.74, 6) is 0. The van der Waals surface area contributed by atoms with E-state index in [2.05, 4.69) is 19.2 Å². The van der Waals surface area contributed by atoms with Crippen LogP contribution in [0.1, 0.15) is 32.3 Å². The first-order valence-corrected chi connectivity index (χ1v) is 6.19. The molecule has 3 heteroatoms. The molecule has 90 valence electrons. The highest BCUT2D eigenvalue weighted by molar-refractivity contribution is 5.08. The van der Waals surface area contributed by atoms with Gasteiger partial charge in [-0.1, -0.05) is 6.92 Å². The van der Waals surface area contributed by atoms with Crippen LogP contribution in [0.5, 0.6) is 0 Å². The van der Waals surface area contributed by atoms with Gasteiger partial charge in [0.2, 0.25) is 0 Å². The second-order valence-corrected chi connectivity index (χ2v) is 4.56. The Balaban J connectivity index is 1.94. The minimum absolute atomic E-state index is 0.352. The molecule has 0 aliphatic carbocycles. The number of likely N-dealkylation sites (N-methyl/N-ethyl adjacent to an activating group) is 1. The van der Waals surface area contributed by atoms with E-state index in [1.807, 2.05) is 12.3 Å². The Hall–Kier alpha value is -0.800. The molecule has 1 aliphatic rings. The van der Waals surface area contributed by atoms with Crippen LogP contribution in [0.3, 0.4) is 0 Å². The SMILES string of the molecule is CCNC(Cc1ccoc1)C1CCC(C)O1. The summed E-state index contributed by atoms with van der Waals surface area (Å²) < 4.78 is 11.0. The van der Waals surface area contributed by atoms with Gasteiger partial charge in [-0.2, -0.15) is 0 Å². The summed E-state index contributed by atoms with van der Waals surface area (Å²) in [6.45, 7) is 5.28. The standard InChI is InChI=1S/C13H21NO2/c1-3-14-12(8-11-6-7-15-9-11)13-5-4-10(2)16-13/h6-7,9-10,12-14H,3-5,8H2,1-2H3. The zero-order valence-corrected chi connectivity index (χ0v) is 10.1. The summed E-state index contributed by atoms with van der Waals surface area (Å²) in [5, 5.41) is 3.52. The van der Waals surface area contributed by atoms with Crippen molar-refractivity contribution in [3.8, 4) is 0 Å². The fraction of sp³-hybridized carbons (Fsp3) is 0.692. The third-order valence-corrected chi connectivity index (χ3v) is 3.22. The van der Waals surface area contributed by atoms with Crippen LogP contribution in [-0.2, 0) is 11.2 Å². The van der Waals surface area contributed by atoms with Gasteiger partial charge in [-0.25, -0.2) is 0 Å². The second-order valence-electron chi connectivity index (χ2n) is 4.56. The molecule has 2 heterocycles. The summed E-state index contributed by atoms with van der Waals surface area (Å²) in [6.07, 6.45) is 7.65. The molecule has 0 spiro atoms. The van der Waals surface area contributed by atoms with Crippen molar-refractivity contribution in [1.29, 1.82) is 0 Å². The maximum absolute atomic E-state index is 5.93. The van der Waals surface area contributed by atoms with E-state index in [9.17, 15) is 0 Å². The Morgan fingerprint density at radius 1 is 1.50 bits per heavy atom. The summed E-state index contributed by atoms with van der Waals surface area (Å²) in [7, 11) is 0. The van der Waals surface area contributed by atoms with Crippen LogP contribution in [0.4, 0.5) is 0 Å². The van der Waals surface area contributed by atoms with Gasteiger partial charge < -0.3 is 14.5 Å². The van der Waals surface area contributed by atoms with Gasteiger partial charge in [-0.3, -0.25) is 0 Å². The monoisotopic (exact) mass is 223 g/mol. The molecule has 3 unspecified atom stereocenters. The Morgan fingerprint density at radius 2 is 2.38 bits per heavy atom. The summed E-state index contributed by atoms with van der Waals surface area (Å²) in [5.41, 5.74) is 1.24. The molecule has 1 saturated heterocycles. The van der Waals surface area contributed by atoms with Crippen LogP contribution < -0.4 is 5.32 Å². The molecule has 0 saturated carbocycles. The molecular weight excluding hydrogens is 202 g/mol. The van der Waals surface area contributed by atoms with Crippen molar-refractivity contribution in [2.45, 2.75) is 51.4 Å². The molecule has 1 aromatic heterocycles. The molecule has 0 radical (unpaired) electrons. The smallest absolute Gasteiger partial charge is 0.0935 e. The summed E-state index contributed by atoms with van der Waals surface area (Å²) >= 11 is 0. The van der Waals surface area contributed by atoms with Crippen LogP contribution in [0.25, 0.3) is 0 Å². The number of ether oxygens (including phenoxy) is 1. The molecule has 1 aromatic rings. The van der Waals surface area contributed by atoms with Gasteiger partial charge in [0.25, 0.3) is 0 Å². The largest absolute Gasteiger partial charge is 0.472 e. The predicted octanol–water partition coefficient (Wildman–Crippen LogP) is 2.37. The van der Waals surface area contributed by atoms with Crippen LogP contribution in [0, 0.1) is 0 Å². The quantitative estimate of drug-likeness (QED) is 0.832. The predicted molar refractivity (Wildman–Crippen MR) is 63.4 cm³/mol. The Labute approximate surface area is 97.2 Å². The van der Waals surface area contributed by atoms with Crippen LogP contribution in [-0.4, -0.2) is 24.8 Å². The van der Waals surface area contributed by atoms with E-state index in [0.29, 0.717) is 18.2 Å². The first kappa shape index (κ1) is 11.7. The molecule has 0 aromatic carbocycles. The van der Waals surface area contributed by atoms with Crippen molar-refractivity contribution in [3.63, 3.8) is 0 Å². The lowest BCUT2D eigenvalue weighted by atomic mass is 10.0. The van der Waals surface area contributed by atoms with E-state index in [-0.39, 0.29) is 0 Å². The van der Waals surface area contributed by atoms with Gasteiger partial charge in [0.05, 0.1) is 24.7 Å². The number of rotatable bonds is 5. The molecule has 0 amide bonds. The topological polar surface area (TPSA) is 34.4 Å². The Bertz CT molecular complexity index is 297. The summed E-state index contributed by atoms with van der Waals surface area (Å²) in [6, 6.07) is 2.44. The van der Waals surface area contributed by atoms with E-state index in [4.69, 9.17) is 9.15 Å². The Morgan fingerprint density at radius 3 is 2.94 bits per heavy atom. The molecule has 16 heavy (non-hydrogen) atoms. The number of nitrogens with one attached hydrogen (secondary N) is 1. The van der Waals surface area contributed by atoms with E-state index in [1.54, 1.807) is 6.26 Å². The van der Waals surface area contributed by atoms with Crippen molar-refractivity contribution < 1.29 is 9.15 Å². The van der Waals surface area contributed by atoms with Crippen molar-refractivity contribution in [3.05, 3.63) is 24.2 Å². The van der Waals surface area contributed by atoms with Crippen molar-refractivity contribution in [2.75, 3.05) is 6.54 Å². The van der Waals surface area contributed by atoms with Gasteiger partial charge in [0.1, 0.15) is 0 Å². The fourth-order valence-corrected chi connectivity index (χ4v) is 2.39. The molecule has 1 aliphatic heterocycles. The van der Waals surface area contributed by atoms with E-state index in [0.717, 1.165) is 19.4 Å². The lowest BCUT2D eigenvalue weighted by Gasteiger charge is -2.24. The molecule has 1 fully saturated rings. The molecule has 3 atom stereocenters. The maximum Gasteiger partial charge on any atom is 0.0935 e. The first-order chi connectivity index (χ1) is 7.79. The van der Waals surface area contributed by atoms with Crippen molar-refractivity contribution in [1.82, 2.24) is 5.32 Å². The van der Waals surface area contributed by atoms with E-state index >= 15 is 0 Å². The highest BCUT2D eigenvalue weighted by atomic mass is 16.5. The van der Waals surface area contributed by atoms with Crippen molar-refractivity contribution in [2.24, 2.45) is 0 Å². The minimum Gasteiger partial charge on any atom is -0.472 e. The molecule has 3 nitrogen and oxygen atoms in total. The van der Waals surface area contributed by atoms with Crippen molar-refractivity contribution >= 4 is 0 Å². The normalized spacial score (nSPS) is 27.1. The third-order valence-electron chi connectivity index (χ3n) is 3.22. The number of hydrogen-bond acceptors (Lipinski definition) is 3. The summed E-state index contributed by atoms with van der Waals surface area (Å²) in [4.78, 5) is 0. The number of hydrogen-bond donors (Lipinski definition) is 1. The second kappa shape index (κ2) is 5.51. The zero-order chi connectivity index (χ0) is 11.4. The lowest BCUT2D eigenvalue weighted by molar-refractivity contribution is 0.0324. The molecule has 0 bridgehead atoms. The zero-order valence-electron chi connectivity index (χ0n) is 10.1. The first-order valence-electron chi connectivity index (χ1n) is 6.19. The minimum atomic E-state index is 0.352. The van der Waals surface area contributed by atoms with Gasteiger partial charge in [-0.15, -0.1) is 0 Å². The van der Waals surface area contributed by atoms with Gasteiger partial charge in [0, 0.05) is 6.04 Å². The van der Waals surface area contributed by atoms with Gasteiger partial charge in [-0.05, 0) is 44.4 Å². The lowest BCUT2D eigenvalue weighted by Crippen LogP contribution is -2.41. The third kappa shape index (κ3) is 2.86. The van der Waals surface area contributed by atoms with Gasteiger partial charge in [0.15, 0.2) is 0 Å².